The van der Waals surface area contributed by atoms with E-state index in [2.05, 4.69) is 33.0 Å². The van der Waals surface area contributed by atoms with E-state index in [9.17, 15) is 4.79 Å². The van der Waals surface area contributed by atoms with E-state index in [1.54, 1.807) is 0 Å². The quantitative estimate of drug-likeness (QED) is 0.0604. The Labute approximate surface area is 496 Å². The van der Waals surface area contributed by atoms with Crippen molar-refractivity contribution >= 4 is 5.91 Å². The van der Waals surface area contributed by atoms with Gasteiger partial charge in [-0.3, -0.25) is 4.79 Å². The Kier molecular flexibility index (Phi) is 68.5. The van der Waals surface area contributed by atoms with Crippen molar-refractivity contribution in [2.75, 3.05) is 0 Å². The largest absolute Gasteiger partial charge is 0.351 e. The maximum Gasteiger partial charge on any atom is 0.220 e. The van der Waals surface area contributed by atoms with Gasteiger partial charge in [0.05, 0.1) is 0 Å². The molecule has 0 unspecified atom stereocenters. The van der Waals surface area contributed by atoms with Gasteiger partial charge in [-0.1, -0.05) is 445 Å². The maximum absolute atomic E-state index is 14.0. The van der Waals surface area contributed by atoms with E-state index in [0.717, 1.165) is 12.8 Å². The average molecular weight is 1100 g/mol. The Balaban J connectivity index is 5.08. The zero-order valence-corrected chi connectivity index (χ0v) is 55.4. The lowest BCUT2D eigenvalue weighted by Gasteiger charge is -2.36. The molecule has 0 atom stereocenters. The van der Waals surface area contributed by atoms with Crippen LogP contribution < -0.4 is 5.32 Å². The van der Waals surface area contributed by atoms with Crippen LogP contribution in [0.3, 0.4) is 0 Å². The van der Waals surface area contributed by atoms with Crippen molar-refractivity contribution in [3.05, 3.63) is 0 Å². The van der Waals surface area contributed by atoms with E-state index in [-0.39, 0.29) is 5.54 Å². The summed E-state index contributed by atoms with van der Waals surface area (Å²) in [7, 11) is 0. The summed E-state index contributed by atoms with van der Waals surface area (Å²) in [6.07, 6.45) is 97.8. The summed E-state index contributed by atoms with van der Waals surface area (Å²) in [4.78, 5) is 14.0. The van der Waals surface area contributed by atoms with E-state index in [1.807, 2.05) is 0 Å². The van der Waals surface area contributed by atoms with Crippen LogP contribution >= 0.6 is 0 Å². The van der Waals surface area contributed by atoms with Gasteiger partial charge in [-0.2, -0.15) is 0 Å². The van der Waals surface area contributed by atoms with Crippen LogP contribution in [-0.4, -0.2) is 11.4 Å². The van der Waals surface area contributed by atoms with Gasteiger partial charge in [0.15, 0.2) is 0 Å². The second-order valence-electron chi connectivity index (χ2n) is 26.7. The molecule has 0 saturated carbocycles. The molecule has 0 aromatic rings. The zero-order chi connectivity index (χ0) is 56.3. The first kappa shape index (κ1) is 77.5. The smallest absolute Gasteiger partial charge is 0.220 e. The Bertz CT molecular complexity index is 975. The molecule has 0 bridgehead atoms. The summed E-state index contributed by atoms with van der Waals surface area (Å²) in [5, 5.41) is 3.91. The van der Waals surface area contributed by atoms with Gasteiger partial charge < -0.3 is 5.32 Å². The number of rotatable bonds is 71. The van der Waals surface area contributed by atoms with Crippen LogP contribution in [0.25, 0.3) is 0 Å². The Hall–Kier alpha value is -0.530. The normalized spacial score (nSPS) is 11.9. The molecule has 0 radical (unpaired) electrons. The number of unbranched alkanes of at least 4 members (excludes halogenated alkanes) is 62. The molecule has 0 aliphatic heterocycles. The highest BCUT2D eigenvalue weighted by Gasteiger charge is 2.30. The Morgan fingerprint density at radius 3 is 0.474 bits per heavy atom. The van der Waals surface area contributed by atoms with Crippen LogP contribution in [-0.2, 0) is 4.79 Å². The van der Waals surface area contributed by atoms with Gasteiger partial charge in [0, 0.05) is 12.0 Å². The summed E-state index contributed by atoms with van der Waals surface area (Å²) in [5.74, 6) is 0.385. The third-order valence-electron chi connectivity index (χ3n) is 18.7. The molecule has 468 valence electrons. The second-order valence-corrected chi connectivity index (χ2v) is 26.7. The van der Waals surface area contributed by atoms with Crippen LogP contribution in [0.1, 0.15) is 477 Å². The molecule has 0 heterocycles. The summed E-state index contributed by atoms with van der Waals surface area (Å²) in [5.41, 5.74) is 0.0209. The number of hydrogen-bond acceptors (Lipinski definition) is 1. The molecule has 0 aliphatic carbocycles. The summed E-state index contributed by atoms with van der Waals surface area (Å²) >= 11 is 0. The fourth-order valence-electron chi connectivity index (χ4n) is 13.1. The number of nitrogens with one attached hydrogen (secondary N) is 1. The molecular weight excluding hydrogens is 943 g/mol. The van der Waals surface area contributed by atoms with Gasteiger partial charge in [-0.25, -0.2) is 0 Å². The highest BCUT2D eigenvalue weighted by Crippen LogP contribution is 2.31. The molecule has 0 aromatic carbocycles. The van der Waals surface area contributed by atoms with Gasteiger partial charge in [0.2, 0.25) is 5.91 Å². The molecule has 0 aromatic heterocycles. The van der Waals surface area contributed by atoms with E-state index < -0.39 is 0 Å². The van der Waals surface area contributed by atoms with E-state index in [1.165, 1.54) is 437 Å². The molecule has 1 N–H and O–H groups in total. The number of hydrogen-bond donors (Lipinski definition) is 1. The molecular formula is C76H153NO. The SMILES string of the molecule is CCCCCCCCCCCCCCCCCCCC(CCCCCCCCCCCCCCCCCCC)(CCCCCCCCCCCCCCCCCCC)NC(=O)CCCCCCCCCCCCCCCCC. The molecule has 2 heteroatoms. The van der Waals surface area contributed by atoms with Gasteiger partial charge >= 0.3 is 0 Å². The molecule has 0 rings (SSSR count). The van der Waals surface area contributed by atoms with Crippen LogP contribution in [0, 0.1) is 0 Å². The standard InChI is InChI=1S/C76H153NO/c1-5-9-13-17-21-25-29-33-37-40-44-48-52-56-60-64-68-72-76(73-69-65-61-57-53-49-45-41-38-34-30-26-22-18-14-10-6-2,74-70-66-62-58-54-50-46-42-39-35-31-27-23-19-15-11-7-3)77-75(78)71-67-63-59-55-51-47-43-36-32-28-24-20-16-12-8-4/h5-74H2,1-4H3,(H,77,78). The zero-order valence-electron chi connectivity index (χ0n) is 55.4. The first-order valence-corrected chi connectivity index (χ1v) is 37.9. The second kappa shape index (κ2) is 69.0. The lowest BCUT2D eigenvalue weighted by atomic mass is 9.81. The van der Waals surface area contributed by atoms with Gasteiger partial charge in [0.25, 0.3) is 0 Å². The van der Waals surface area contributed by atoms with Crippen molar-refractivity contribution in [3.63, 3.8) is 0 Å². The van der Waals surface area contributed by atoms with Crippen molar-refractivity contribution in [2.24, 2.45) is 0 Å². The molecule has 1 amide bonds. The fourth-order valence-corrected chi connectivity index (χ4v) is 13.1. The first-order valence-electron chi connectivity index (χ1n) is 37.9. The lowest BCUT2D eigenvalue weighted by Crippen LogP contribution is -2.48. The van der Waals surface area contributed by atoms with Crippen LogP contribution in [0.4, 0.5) is 0 Å². The Morgan fingerprint density at radius 1 is 0.192 bits per heavy atom. The Morgan fingerprint density at radius 2 is 0.321 bits per heavy atom. The summed E-state index contributed by atoms with van der Waals surface area (Å²) in [6.45, 7) is 9.28. The third-order valence-corrected chi connectivity index (χ3v) is 18.7. The minimum absolute atomic E-state index is 0.0209. The van der Waals surface area contributed by atoms with Gasteiger partial charge in [0.1, 0.15) is 0 Å². The van der Waals surface area contributed by atoms with Crippen molar-refractivity contribution in [2.45, 2.75) is 483 Å². The van der Waals surface area contributed by atoms with Crippen LogP contribution in [0.5, 0.6) is 0 Å². The third kappa shape index (κ3) is 63.1. The molecule has 0 aliphatic rings. The highest BCUT2D eigenvalue weighted by molar-refractivity contribution is 5.76. The number of carbonyl (C=O) groups excluding carboxylic acids is 1. The predicted molar refractivity (Wildman–Crippen MR) is 357 cm³/mol. The number of carbonyl (C=O) groups is 1. The number of amides is 1. The summed E-state index contributed by atoms with van der Waals surface area (Å²) in [6, 6.07) is 0. The molecule has 0 spiro atoms. The molecule has 78 heavy (non-hydrogen) atoms. The minimum atomic E-state index is 0.0209. The molecule has 0 saturated heterocycles. The van der Waals surface area contributed by atoms with Crippen molar-refractivity contribution in [3.8, 4) is 0 Å². The minimum Gasteiger partial charge on any atom is -0.351 e. The summed E-state index contributed by atoms with van der Waals surface area (Å²) < 4.78 is 0. The average Bonchev–Trinajstić information content (AvgIpc) is 3.45. The van der Waals surface area contributed by atoms with Gasteiger partial charge in [-0.15, -0.1) is 0 Å². The van der Waals surface area contributed by atoms with Gasteiger partial charge in [-0.05, 0) is 25.7 Å². The monoisotopic (exact) mass is 1100 g/mol. The van der Waals surface area contributed by atoms with E-state index in [4.69, 9.17) is 0 Å². The highest BCUT2D eigenvalue weighted by atomic mass is 16.1. The van der Waals surface area contributed by atoms with Crippen LogP contribution in [0.2, 0.25) is 0 Å². The van der Waals surface area contributed by atoms with Crippen molar-refractivity contribution in [1.29, 1.82) is 0 Å². The van der Waals surface area contributed by atoms with E-state index in [0.29, 0.717) is 5.91 Å². The first-order chi connectivity index (χ1) is 38.6. The maximum atomic E-state index is 14.0. The molecule has 2 nitrogen and oxygen atoms in total. The fraction of sp³-hybridized carbons (Fsp3) is 0.987. The van der Waals surface area contributed by atoms with E-state index >= 15 is 0 Å². The van der Waals surface area contributed by atoms with Crippen molar-refractivity contribution < 1.29 is 4.79 Å². The van der Waals surface area contributed by atoms with Crippen LogP contribution in [0.15, 0.2) is 0 Å². The van der Waals surface area contributed by atoms with Crippen molar-refractivity contribution in [1.82, 2.24) is 5.32 Å². The topological polar surface area (TPSA) is 29.1 Å². The predicted octanol–water partition coefficient (Wildman–Crippen LogP) is 28.2. The lowest BCUT2D eigenvalue weighted by molar-refractivity contribution is -0.123. The molecule has 0 fully saturated rings.